The molecule has 0 bridgehead atoms. The summed E-state index contributed by atoms with van der Waals surface area (Å²) in [6.07, 6.45) is -4.34. The van der Waals surface area contributed by atoms with Crippen LogP contribution in [0.2, 0.25) is 0 Å². The fourth-order valence-corrected chi connectivity index (χ4v) is 3.19. The zero-order chi connectivity index (χ0) is 19.4. The van der Waals surface area contributed by atoms with E-state index in [2.05, 4.69) is 5.32 Å². The van der Waals surface area contributed by atoms with Crippen LogP contribution >= 0.6 is 12.2 Å². The Balaban J connectivity index is 1.52. The second kappa shape index (κ2) is 8.12. The van der Waals surface area contributed by atoms with Gasteiger partial charge < -0.3 is 15.1 Å². The lowest BCUT2D eigenvalue weighted by atomic mass is 10.1. The Morgan fingerprint density at radius 2 is 1.67 bits per heavy atom. The fraction of sp³-hybridized carbons (Fsp3) is 0.316. The zero-order valence-electron chi connectivity index (χ0n) is 14.5. The third-order valence-electron chi connectivity index (χ3n) is 4.46. The third-order valence-corrected chi connectivity index (χ3v) is 4.87. The molecule has 1 fully saturated rings. The van der Waals surface area contributed by atoms with E-state index in [1.54, 1.807) is 18.2 Å². The smallest absolute Gasteiger partial charge is 0.368 e. The van der Waals surface area contributed by atoms with E-state index in [0.29, 0.717) is 43.5 Å². The van der Waals surface area contributed by atoms with Crippen molar-refractivity contribution < 1.29 is 17.6 Å². The van der Waals surface area contributed by atoms with Crippen LogP contribution in [0.25, 0.3) is 0 Å². The highest BCUT2D eigenvalue weighted by atomic mass is 32.1. The predicted octanol–water partition coefficient (Wildman–Crippen LogP) is 4.04. The topological polar surface area (TPSA) is 18.5 Å². The summed E-state index contributed by atoms with van der Waals surface area (Å²) in [5.41, 5.74) is 0.843. The zero-order valence-corrected chi connectivity index (χ0v) is 15.3. The first-order chi connectivity index (χ1) is 12.8. The molecule has 0 radical (unpaired) electrons. The Labute approximate surface area is 160 Å². The number of hydrogen-bond donors (Lipinski definition) is 1. The average Bonchev–Trinajstić information content (AvgIpc) is 2.67. The van der Waals surface area contributed by atoms with Crippen molar-refractivity contribution >= 4 is 23.0 Å². The fourth-order valence-electron chi connectivity index (χ4n) is 2.94. The molecule has 0 aromatic heterocycles. The molecular formula is C19H19F4N3S. The van der Waals surface area contributed by atoms with Gasteiger partial charge in [0.15, 0.2) is 5.11 Å². The van der Waals surface area contributed by atoms with Gasteiger partial charge >= 0.3 is 6.18 Å². The standard InChI is InChI=1S/C19H19F4N3S/c20-16-6-4-14(5-7-16)13-24-18(27)26-10-8-25(9-11-26)17-3-1-2-15(12-17)19(21,22)23/h1-7,12H,8-11,13H2,(H,24,27). The van der Waals surface area contributed by atoms with E-state index in [9.17, 15) is 17.6 Å². The largest absolute Gasteiger partial charge is 0.416 e. The monoisotopic (exact) mass is 397 g/mol. The number of nitrogens with one attached hydrogen (secondary N) is 1. The van der Waals surface area contributed by atoms with Crippen molar-refractivity contribution in [3.05, 3.63) is 65.5 Å². The van der Waals surface area contributed by atoms with Crippen LogP contribution in [-0.2, 0) is 12.7 Å². The molecule has 0 aliphatic carbocycles. The number of hydrogen-bond acceptors (Lipinski definition) is 2. The number of halogens is 4. The molecule has 1 N–H and O–H groups in total. The summed E-state index contributed by atoms with van der Waals surface area (Å²) in [6, 6.07) is 11.6. The van der Waals surface area contributed by atoms with Crippen LogP contribution in [0.4, 0.5) is 23.2 Å². The number of thiocarbonyl (C=S) groups is 1. The van der Waals surface area contributed by atoms with Crippen molar-refractivity contribution in [1.29, 1.82) is 0 Å². The van der Waals surface area contributed by atoms with Crippen LogP contribution in [0, 0.1) is 5.82 Å². The summed E-state index contributed by atoms with van der Waals surface area (Å²) in [6.45, 7) is 2.89. The molecule has 1 aliphatic heterocycles. The first-order valence-corrected chi connectivity index (χ1v) is 8.93. The average molecular weight is 397 g/mol. The van der Waals surface area contributed by atoms with E-state index in [0.717, 1.165) is 11.6 Å². The normalized spacial score (nSPS) is 15.0. The van der Waals surface area contributed by atoms with E-state index < -0.39 is 11.7 Å². The minimum Gasteiger partial charge on any atom is -0.368 e. The number of rotatable bonds is 3. The van der Waals surface area contributed by atoms with Gasteiger partial charge in [0.25, 0.3) is 0 Å². The van der Waals surface area contributed by atoms with Crippen molar-refractivity contribution in [3.8, 4) is 0 Å². The molecule has 0 saturated carbocycles. The van der Waals surface area contributed by atoms with Crippen molar-refractivity contribution in [2.45, 2.75) is 12.7 Å². The van der Waals surface area contributed by atoms with Crippen LogP contribution in [-0.4, -0.2) is 36.2 Å². The summed E-state index contributed by atoms with van der Waals surface area (Å²) < 4.78 is 51.6. The van der Waals surface area contributed by atoms with Crippen LogP contribution in [0.15, 0.2) is 48.5 Å². The van der Waals surface area contributed by atoms with E-state index in [1.807, 2.05) is 9.80 Å². The molecule has 144 valence electrons. The van der Waals surface area contributed by atoms with Gasteiger partial charge in [-0.1, -0.05) is 18.2 Å². The molecule has 0 amide bonds. The molecule has 0 atom stereocenters. The SMILES string of the molecule is Fc1ccc(CNC(=S)N2CCN(c3cccc(C(F)(F)F)c3)CC2)cc1. The summed E-state index contributed by atoms with van der Waals surface area (Å²) >= 11 is 5.40. The number of nitrogens with zero attached hydrogens (tertiary/aromatic N) is 2. The predicted molar refractivity (Wildman–Crippen MR) is 101 cm³/mol. The molecule has 2 aromatic rings. The summed E-state index contributed by atoms with van der Waals surface area (Å²) in [5, 5.41) is 3.73. The van der Waals surface area contributed by atoms with Gasteiger partial charge in [-0.15, -0.1) is 0 Å². The van der Waals surface area contributed by atoms with Gasteiger partial charge in [0.1, 0.15) is 5.82 Å². The van der Waals surface area contributed by atoms with Crippen molar-refractivity contribution in [2.24, 2.45) is 0 Å². The molecule has 1 heterocycles. The molecule has 0 spiro atoms. The minimum atomic E-state index is -4.34. The summed E-state index contributed by atoms with van der Waals surface area (Å²) in [5.74, 6) is -0.285. The second-order valence-electron chi connectivity index (χ2n) is 6.31. The lowest BCUT2D eigenvalue weighted by Gasteiger charge is -2.37. The Bertz CT molecular complexity index is 784. The Hall–Kier alpha value is -2.35. The molecular weight excluding hydrogens is 378 g/mol. The molecule has 8 heteroatoms. The molecule has 0 unspecified atom stereocenters. The molecule has 1 saturated heterocycles. The van der Waals surface area contributed by atoms with Gasteiger partial charge in [0.2, 0.25) is 0 Å². The van der Waals surface area contributed by atoms with Crippen LogP contribution in [0.3, 0.4) is 0 Å². The van der Waals surface area contributed by atoms with E-state index in [-0.39, 0.29) is 5.82 Å². The first-order valence-electron chi connectivity index (χ1n) is 8.52. The van der Waals surface area contributed by atoms with Crippen molar-refractivity contribution in [1.82, 2.24) is 10.2 Å². The quantitative estimate of drug-likeness (QED) is 0.622. The number of anilines is 1. The Kier molecular flexibility index (Phi) is 5.84. The first kappa shape index (κ1) is 19.4. The Morgan fingerprint density at radius 3 is 2.30 bits per heavy atom. The molecule has 3 nitrogen and oxygen atoms in total. The number of alkyl halides is 3. The van der Waals surface area contributed by atoms with Crippen molar-refractivity contribution in [3.63, 3.8) is 0 Å². The Morgan fingerprint density at radius 1 is 1.00 bits per heavy atom. The maximum absolute atomic E-state index is 12.9. The maximum atomic E-state index is 12.9. The van der Waals surface area contributed by atoms with Gasteiger partial charge in [-0.2, -0.15) is 13.2 Å². The van der Waals surface area contributed by atoms with E-state index >= 15 is 0 Å². The minimum absolute atomic E-state index is 0.285. The van der Waals surface area contributed by atoms with Crippen LogP contribution in [0.1, 0.15) is 11.1 Å². The van der Waals surface area contributed by atoms with Gasteiger partial charge in [0, 0.05) is 38.4 Å². The maximum Gasteiger partial charge on any atom is 0.416 e. The molecule has 1 aliphatic rings. The lowest BCUT2D eigenvalue weighted by molar-refractivity contribution is -0.137. The second-order valence-corrected chi connectivity index (χ2v) is 6.69. The van der Waals surface area contributed by atoms with Gasteiger partial charge in [-0.05, 0) is 48.1 Å². The highest BCUT2D eigenvalue weighted by Crippen LogP contribution is 2.31. The van der Waals surface area contributed by atoms with Gasteiger partial charge in [0.05, 0.1) is 5.56 Å². The van der Waals surface area contributed by atoms with Gasteiger partial charge in [-0.3, -0.25) is 0 Å². The van der Waals surface area contributed by atoms with Gasteiger partial charge in [-0.25, -0.2) is 4.39 Å². The molecule has 2 aromatic carbocycles. The van der Waals surface area contributed by atoms with Crippen molar-refractivity contribution in [2.75, 3.05) is 31.1 Å². The lowest BCUT2D eigenvalue weighted by Crippen LogP contribution is -2.51. The highest BCUT2D eigenvalue weighted by molar-refractivity contribution is 7.80. The van der Waals surface area contributed by atoms with Crippen LogP contribution < -0.4 is 10.2 Å². The van der Waals surface area contributed by atoms with E-state index in [1.165, 1.54) is 24.3 Å². The summed E-state index contributed by atoms with van der Waals surface area (Å²) in [7, 11) is 0. The highest BCUT2D eigenvalue weighted by Gasteiger charge is 2.31. The number of piperazine rings is 1. The van der Waals surface area contributed by atoms with Crippen LogP contribution in [0.5, 0.6) is 0 Å². The van der Waals surface area contributed by atoms with E-state index in [4.69, 9.17) is 12.2 Å². The third kappa shape index (κ3) is 5.09. The molecule has 3 rings (SSSR count). The molecule has 27 heavy (non-hydrogen) atoms. The number of benzene rings is 2. The summed E-state index contributed by atoms with van der Waals surface area (Å²) in [4.78, 5) is 3.91.